The summed E-state index contributed by atoms with van der Waals surface area (Å²) >= 11 is 1.43. The number of nitrogens with zero attached hydrogens (tertiary/aromatic N) is 2. The highest BCUT2D eigenvalue weighted by atomic mass is 32.1. The average Bonchev–Trinajstić information content (AvgIpc) is 2.49. The van der Waals surface area contributed by atoms with Crippen LogP contribution in [0.3, 0.4) is 0 Å². The normalized spacial score (nSPS) is 14.7. The van der Waals surface area contributed by atoms with Crippen LogP contribution in [0.15, 0.2) is 35.3 Å². The Morgan fingerprint density at radius 2 is 1.80 bits per heavy atom. The lowest BCUT2D eigenvalue weighted by molar-refractivity contribution is 0.682. The van der Waals surface area contributed by atoms with Crippen molar-refractivity contribution in [2.45, 2.75) is 25.7 Å². The summed E-state index contributed by atoms with van der Waals surface area (Å²) in [7, 11) is 0. The van der Waals surface area contributed by atoms with Crippen LogP contribution in [0, 0.1) is 11.3 Å². The minimum Gasteiger partial charge on any atom is -0.389 e. The highest BCUT2D eigenvalue weighted by Crippen LogP contribution is 2.28. The second-order valence-corrected chi connectivity index (χ2v) is 5.90. The topological polar surface area (TPSA) is 62.2 Å². The molecule has 0 radical (unpaired) electrons. The molecule has 1 aliphatic carbocycles. The molecular weight excluding hydrogens is 266 g/mol. The van der Waals surface area contributed by atoms with E-state index in [1.54, 1.807) is 0 Å². The van der Waals surface area contributed by atoms with Gasteiger partial charge in [0.05, 0.1) is 11.3 Å². The minimum atomic E-state index is 0.586. The molecule has 0 atom stereocenters. The number of nitriles is 1. The van der Waals surface area contributed by atoms with Gasteiger partial charge in [0.15, 0.2) is 0 Å². The molecule has 1 heterocycles. The van der Waals surface area contributed by atoms with Crippen LogP contribution < -0.4 is 10.4 Å². The summed E-state index contributed by atoms with van der Waals surface area (Å²) in [6, 6.07) is 12.2. The molecule has 3 nitrogen and oxygen atoms in total. The SMILES string of the molecule is N#Cc1c(N)sc(=Nc2ccccc2)c2c1CCCC2. The maximum absolute atomic E-state index is 9.30. The van der Waals surface area contributed by atoms with Gasteiger partial charge >= 0.3 is 0 Å². The first-order valence-corrected chi connectivity index (χ1v) is 7.55. The molecule has 0 aliphatic heterocycles. The number of anilines is 1. The lowest BCUT2D eigenvalue weighted by Gasteiger charge is -2.17. The van der Waals surface area contributed by atoms with Crippen LogP contribution in [0.25, 0.3) is 0 Å². The molecule has 0 amide bonds. The van der Waals surface area contributed by atoms with E-state index >= 15 is 0 Å². The van der Waals surface area contributed by atoms with Crippen LogP contribution in [0.2, 0.25) is 0 Å². The molecule has 0 saturated carbocycles. The van der Waals surface area contributed by atoms with E-state index in [4.69, 9.17) is 10.7 Å². The van der Waals surface area contributed by atoms with E-state index < -0.39 is 0 Å². The fraction of sp³-hybridized carbons (Fsp3) is 0.250. The Morgan fingerprint density at radius 1 is 1.10 bits per heavy atom. The van der Waals surface area contributed by atoms with Gasteiger partial charge in [-0.2, -0.15) is 5.26 Å². The maximum Gasteiger partial charge on any atom is 0.122 e. The van der Waals surface area contributed by atoms with Gasteiger partial charge in [0.1, 0.15) is 15.7 Å². The molecule has 0 spiro atoms. The third-order valence-corrected chi connectivity index (χ3v) is 4.53. The Labute approximate surface area is 122 Å². The lowest BCUT2D eigenvalue weighted by Crippen LogP contribution is -2.17. The summed E-state index contributed by atoms with van der Waals surface area (Å²) in [6.07, 6.45) is 4.21. The number of hydrogen-bond donors (Lipinski definition) is 1. The maximum atomic E-state index is 9.30. The molecule has 0 fully saturated rings. The largest absolute Gasteiger partial charge is 0.389 e. The van der Waals surface area contributed by atoms with Crippen molar-refractivity contribution in [1.82, 2.24) is 0 Å². The Bertz CT molecular complexity index is 739. The van der Waals surface area contributed by atoms with Gasteiger partial charge < -0.3 is 5.73 Å². The van der Waals surface area contributed by atoms with Gasteiger partial charge in [-0.25, -0.2) is 4.99 Å². The summed E-state index contributed by atoms with van der Waals surface area (Å²) in [5, 5.41) is 9.89. The standard InChI is InChI=1S/C16H15N3S/c17-10-14-12-8-4-5-9-13(12)16(20-15(14)18)19-11-6-2-1-3-7-11/h1-3,6-7H,4-5,8-9,18H2. The molecule has 1 aromatic heterocycles. The van der Waals surface area contributed by atoms with E-state index in [0.29, 0.717) is 10.6 Å². The zero-order valence-corrected chi connectivity index (χ0v) is 11.9. The van der Waals surface area contributed by atoms with E-state index in [0.717, 1.165) is 41.6 Å². The molecule has 0 unspecified atom stereocenters. The van der Waals surface area contributed by atoms with Gasteiger partial charge in [-0.05, 0) is 48.9 Å². The predicted octanol–water partition coefficient (Wildman–Crippen LogP) is 3.31. The van der Waals surface area contributed by atoms with Gasteiger partial charge in [0, 0.05) is 0 Å². The Hall–Kier alpha value is -2.12. The van der Waals surface area contributed by atoms with Gasteiger partial charge in [-0.3, -0.25) is 0 Å². The van der Waals surface area contributed by atoms with Crippen LogP contribution in [0.4, 0.5) is 10.7 Å². The summed E-state index contributed by atoms with van der Waals surface area (Å²) in [5.74, 6) is 0. The number of rotatable bonds is 1. The van der Waals surface area contributed by atoms with E-state index in [-0.39, 0.29) is 0 Å². The van der Waals surface area contributed by atoms with Crippen molar-refractivity contribution in [3.05, 3.63) is 51.7 Å². The quantitative estimate of drug-likeness (QED) is 0.871. The highest BCUT2D eigenvalue weighted by molar-refractivity contribution is 7.13. The molecule has 0 bridgehead atoms. The Kier molecular flexibility index (Phi) is 3.53. The van der Waals surface area contributed by atoms with Crippen molar-refractivity contribution in [2.24, 2.45) is 4.99 Å². The second kappa shape index (κ2) is 5.48. The molecule has 3 rings (SSSR count). The van der Waals surface area contributed by atoms with Crippen molar-refractivity contribution in [2.75, 3.05) is 5.73 Å². The number of hydrogen-bond acceptors (Lipinski definition) is 4. The Balaban J connectivity index is 2.25. The molecule has 2 aromatic rings. The van der Waals surface area contributed by atoms with Gasteiger partial charge in [0.2, 0.25) is 0 Å². The van der Waals surface area contributed by atoms with Crippen LogP contribution in [-0.2, 0) is 12.8 Å². The first kappa shape index (κ1) is 12.9. The first-order chi connectivity index (χ1) is 9.79. The van der Waals surface area contributed by atoms with E-state index in [9.17, 15) is 5.26 Å². The number of fused-ring (bicyclic) bond motifs is 1. The Morgan fingerprint density at radius 3 is 2.50 bits per heavy atom. The van der Waals surface area contributed by atoms with Gasteiger partial charge in [-0.1, -0.05) is 29.5 Å². The molecule has 1 aliphatic rings. The molecule has 100 valence electrons. The molecule has 1 aromatic carbocycles. The van der Waals surface area contributed by atoms with E-state index in [1.807, 2.05) is 30.3 Å². The first-order valence-electron chi connectivity index (χ1n) is 6.74. The van der Waals surface area contributed by atoms with Crippen LogP contribution in [0.1, 0.15) is 29.5 Å². The van der Waals surface area contributed by atoms with Gasteiger partial charge in [-0.15, -0.1) is 0 Å². The summed E-state index contributed by atoms with van der Waals surface area (Å²) in [4.78, 5) is 4.72. The number of nitrogens with two attached hydrogens (primary N) is 1. The lowest BCUT2D eigenvalue weighted by atomic mass is 9.91. The van der Waals surface area contributed by atoms with Crippen LogP contribution in [-0.4, -0.2) is 0 Å². The third kappa shape index (κ3) is 2.33. The monoisotopic (exact) mass is 281 g/mol. The van der Waals surface area contributed by atoms with Crippen molar-refractivity contribution in [1.29, 1.82) is 5.26 Å². The molecule has 0 saturated heterocycles. The minimum absolute atomic E-state index is 0.586. The summed E-state index contributed by atoms with van der Waals surface area (Å²) in [5.41, 5.74) is 9.97. The average molecular weight is 281 g/mol. The third-order valence-electron chi connectivity index (χ3n) is 3.58. The van der Waals surface area contributed by atoms with E-state index in [1.165, 1.54) is 16.9 Å². The van der Waals surface area contributed by atoms with Crippen molar-refractivity contribution in [3.63, 3.8) is 0 Å². The van der Waals surface area contributed by atoms with Crippen LogP contribution in [0.5, 0.6) is 0 Å². The smallest absolute Gasteiger partial charge is 0.122 e. The van der Waals surface area contributed by atoms with Crippen molar-refractivity contribution < 1.29 is 0 Å². The number of nitrogen functional groups attached to an aromatic ring is 1. The molecule has 2 N–H and O–H groups in total. The highest BCUT2D eigenvalue weighted by Gasteiger charge is 2.18. The van der Waals surface area contributed by atoms with Crippen molar-refractivity contribution in [3.8, 4) is 6.07 Å². The predicted molar refractivity (Wildman–Crippen MR) is 81.8 cm³/mol. The summed E-state index contributed by atoms with van der Waals surface area (Å²) in [6.45, 7) is 0. The van der Waals surface area contributed by atoms with Gasteiger partial charge in [0.25, 0.3) is 0 Å². The fourth-order valence-corrected chi connectivity index (χ4v) is 3.59. The zero-order chi connectivity index (χ0) is 13.9. The zero-order valence-electron chi connectivity index (χ0n) is 11.1. The number of para-hydroxylation sites is 1. The molecule has 20 heavy (non-hydrogen) atoms. The molecule has 4 heteroatoms. The molecular formula is C16H15N3S. The fourth-order valence-electron chi connectivity index (χ4n) is 2.62. The second-order valence-electron chi connectivity index (χ2n) is 4.87. The summed E-state index contributed by atoms with van der Waals surface area (Å²) < 4.78 is 0.961. The van der Waals surface area contributed by atoms with Crippen LogP contribution >= 0.6 is 11.3 Å². The van der Waals surface area contributed by atoms with E-state index in [2.05, 4.69) is 6.07 Å². The number of benzene rings is 1. The van der Waals surface area contributed by atoms with Crippen molar-refractivity contribution >= 4 is 22.0 Å².